The molecule has 0 unspecified atom stereocenters. The molecule has 2 aromatic rings. The van der Waals surface area contributed by atoms with Crippen LogP contribution in [0.1, 0.15) is 36.7 Å². The van der Waals surface area contributed by atoms with Crippen LogP contribution < -0.4 is 5.32 Å². The van der Waals surface area contributed by atoms with E-state index >= 15 is 0 Å². The second-order valence-corrected chi connectivity index (χ2v) is 11.2. The molecule has 0 aliphatic carbocycles. The van der Waals surface area contributed by atoms with Crippen LogP contribution in [0.25, 0.3) is 0 Å². The number of amides is 1. The summed E-state index contributed by atoms with van der Waals surface area (Å²) in [6.45, 7) is 6.64. The van der Waals surface area contributed by atoms with Crippen LogP contribution in [0, 0.1) is 6.92 Å². The van der Waals surface area contributed by atoms with Gasteiger partial charge in [-0.3, -0.25) is 9.59 Å². The van der Waals surface area contributed by atoms with E-state index in [1.807, 2.05) is 0 Å². The number of nitrogens with one attached hydrogen (secondary N) is 1. The molecule has 0 aliphatic rings. The number of sulfone groups is 1. The van der Waals surface area contributed by atoms with Gasteiger partial charge in [0.25, 0.3) is 5.91 Å². The summed E-state index contributed by atoms with van der Waals surface area (Å²) in [7, 11) is -3.85. The highest BCUT2D eigenvalue weighted by molar-refractivity contribution is 9.10. The molecule has 0 fully saturated rings. The summed E-state index contributed by atoms with van der Waals surface area (Å²) < 4.78 is 32.3. The molecule has 2 rings (SSSR count). The molecule has 0 aromatic heterocycles. The lowest BCUT2D eigenvalue weighted by molar-refractivity contribution is -0.153. The van der Waals surface area contributed by atoms with Crippen molar-refractivity contribution in [3.63, 3.8) is 0 Å². The Morgan fingerprint density at radius 1 is 0.966 bits per heavy atom. The third-order valence-electron chi connectivity index (χ3n) is 3.58. The van der Waals surface area contributed by atoms with Crippen molar-refractivity contribution in [2.45, 2.75) is 43.1 Å². The van der Waals surface area contributed by atoms with Crippen LogP contribution in [0.3, 0.4) is 0 Å². The van der Waals surface area contributed by atoms with E-state index in [1.165, 1.54) is 24.3 Å². The minimum atomic E-state index is -3.85. The summed E-state index contributed by atoms with van der Waals surface area (Å²) in [6.07, 6.45) is 0. The number of aryl methyl sites for hydroxylation is 1. The summed E-state index contributed by atoms with van der Waals surface area (Å²) in [5.41, 5.74) is 0.220. The zero-order valence-electron chi connectivity index (χ0n) is 16.4. The lowest BCUT2D eigenvalue weighted by Crippen LogP contribution is -2.34. The van der Waals surface area contributed by atoms with E-state index in [0.717, 1.165) is 5.56 Å². The fraction of sp³-hybridized carbons (Fsp3) is 0.300. The average molecular weight is 547 g/mol. The summed E-state index contributed by atoms with van der Waals surface area (Å²) in [6, 6.07) is 9.05. The largest absolute Gasteiger partial charge is 0.459 e. The van der Waals surface area contributed by atoms with E-state index in [2.05, 4.69) is 37.2 Å². The van der Waals surface area contributed by atoms with E-state index in [9.17, 15) is 18.0 Å². The van der Waals surface area contributed by atoms with Gasteiger partial charge in [-0.25, -0.2) is 8.42 Å². The summed E-state index contributed by atoms with van der Waals surface area (Å²) >= 11 is 6.55. The van der Waals surface area contributed by atoms with Gasteiger partial charge >= 0.3 is 5.97 Å². The van der Waals surface area contributed by atoms with E-state index in [-0.39, 0.29) is 21.9 Å². The second-order valence-electron chi connectivity index (χ2n) is 7.41. The first-order chi connectivity index (χ1) is 13.3. The number of benzene rings is 2. The molecule has 9 heteroatoms. The van der Waals surface area contributed by atoms with Crippen LogP contribution in [0.2, 0.25) is 0 Å². The molecule has 1 N–H and O–H groups in total. The Bertz CT molecular complexity index is 1040. The van der Waals surface area contributed by atoms with Crippen molar-refractivity contribution in [3.05, 3.63) is 56.5 Å². The van der Waals surface area contributed by atoms with Gasteiger partial charge in [0.05, 0.1) is 9.79 Å². The highest BCUT2D eigenvalue weighted by atomic mass is 79.9. The number of hydrogen-bond acceptors (Lipinski definition) is 5. The Kier molecular flexibility index (Phi) is 7.29. The molecule has 0 heterocycles. The number of halogens is 2. The minimum Gasteiger partial charge on any atom is -0.459 e. The minimum absolute atomic E-state index is 0.0354. The molecule has 1 amide bonds. The van der Waals surface area contributed by atoms with E-state index in [0.29, 0.717) is 8.95 Å². The Balaban J connectivity index is 2.29. The number of rotatable bonds is 5. The van der Waals surface area contributed by atoms with Gasteiger partial charge in [0.2, 0.25) is 9.84 Å². The molecular formula is C20H21Br2NO5S. The predicted octanol–water partition coefficient (Wildman–Crippen LogP) is 4.42. The number of carbonyl (C=O) groups is 2. The van der Waals surface area contributed by atoms with Crippen molar-refractivity contribution in [3.8, 4) is 0 Å². The molecule has 0 saturated carbocycles. The second kappa shape index (κ2) is 8.97. The van der Waals surface area contributed by atoms with E-state index in [4.69, 9.17) is 4.74 Å². The number of carbonyl (C=O) groups excluding carboxylic acids is 2. The van der Waals surface area contributed by atoms with Crippen molar-refractivity contribution in [2.24, 2.45) is 0 Å². The van der Waals surface area contributed by atoms with E-state index < -0.39 is 27.3 Å². The van der Waals surface area contributed by atoms with Crippen molar-refractivity contribution in [1.82, 2.24) is 5.32 Å². The lowest BCUT2D eigenvalue weighted by atomic mass is 10.2. The number of esters is 1. The Morgan fingerprint density at radius 2 is 1.52 bits per heavy atom. The first-order valence-electron chi connectivity index (χ1n) is 8.61. The topological polar surface area (TPSA) is 89.5 Å². The maximum atomic E-state index is 13.0. The first kappa shape index (κ1) is 23.6. The Hall–Kier alpha value is -1.71. The first-order valence-corrected chi connectivity index (χ1v) is 11.7. The van der Waals surface area contributed by atoms with Gasteiger partial charge in [-0.05, 0) is 69.7 Å². The lowest BCUT2D eigenvalue weighted by Gasteiger charge is -2.19. The quantitative estimate of drug-likeness (QED) is 0.560. The Labute approximate surface area is 187 Å². The average Bonchev–Trinajstić information content (AvgIpc) is 2.56. The maximum Gasteiger partial charge on any atom is 0.325 e. The summed E-state index contributed by atoms with van der Waals surface area (Å²) in [4.78, 5) is 24.3. The molecule has 0 saturated heterocycles. The third kappa shape index (κ3) is 6.65. The molecule has 0 aliphatic heterocycles. The van der Waals surface area contributed by atoms with Crippen molar-refractivity contribution in [1.29, 1.82) is 0 Å². The molecule has 0 spiro atoms. The van der Waals surface area contributed by atoms with Gasteiger partial charge in [0.1, 0.15) is 12.1 Å². The fourth-order valence-corrected chi connectivity index (χ4v) is 5.34. The fourth-order valence-electron chi connectivity index (χ4n) is 2.48. The van der Waals surface area contributed by atoms with Gasteiger partial charge in [0.15, 0.2) is 0 Å². The van der Waals surface area contributed by atoms with Crippen LogP contribution in [0.4, 0.5) is 0 Å². The summed E-state index contributed by atoms with van der Waals surface area (Å²) in [5, 5.41) is 2.45. The smallest absolute Gasteiger partial charge is 0.325 e. The highest BCUT2D eigenvalue weighted by Crippen LogP contribution is 2.28. The SMILES string of the molecule is Cc1cc(Br)cc(S(=O)(=O)c2cc(Br)cc(C(=O)NCC(=O)OC(C)(C)C)c2)c1. The van der Waals surface area contributed by atoms with E-state index in [1.54, 1.807) is 39.8 Å². The molecule has 0 radical (unpaired) electrons. The molecular weight excluding hydrogens is 526 g/mol. The van der Waals surface area contributed by atoms with Gasteiger partial charge in [-0.15, -0.1) is 0 Å². The van der Waals surface area contributed by atoms with Gasteiger partial charge < -0.3 is 10.1 Å². The van der Waals surface area contributed by atoms with Crippen LogP contribution in [0.5, 0.6) is 0 Å². The van der Waals surface area contributed by atoms with Crippen LogP contribution in [-0.4, -0.2) is 32.4 Å². The Morgan fingerprint density at radius 3 is 2.07 bits per heavy atom. The molecule has 2 aromatic carbocycles. The molecule has 6 nitrogen and oxygen atoms in total. The third-order valence-corrected chi connectivity index (χ3v) is 6.21. The zero-order valence-corrected chi connectivity index (χ0v) is 20.4. The van der Waals surface area contributed by atoms with Crippen molar-refractivity contribution >= 4 is 53.6 Å². The maximum absolute atomic E-state index is 13.0. The van der Waals surface area contributed by atoms with Crippen LogP contribution in [0.15, 0.2) is 55.1 Å². The molecule has 0 bridgehead atoms. The van der Waals surface area contributed by atoms with Crippen LogP contribution in [-0.2, 0) is 19.4 Å². The van der Waals surface area contributed by atoms with Crippen LogP contribution >= 0.6 is 31.9 Å². The van der Waals surface area contributed by atoms with Gasteiger partial charge in [0, 0.05) is 14.5 Å². The number of hydrogen-bond donors (Lipinski definition) is 1. The predicted molar refractivity (Wildman–Crippen MR) is 117 cm³/mol. The summed E-state index contributed by atoms with van der Waals surface area (Å²) in [5.74, 6) is -1.17. The monoisotopic (exact) mass is 545 g/mol. The standard InChI is InChI=1S/C20H21Br2NO5S/c1-12-5-14(21)9-16(6-12)29(26,27)17-8-13(7-15(22)10-17)19(25)23-11-18(24)28-20(2,3)4/h5-10H,11H2,1-4H3,(H,23,25). The molecule has 0 atom stereocenters. The van der Waals surface area contributed by atoms with Gasteiger partial charge in [-0.1, -0.05) is 31.9 Å². The zero-order chi connectivity index (χ0) is 22.0. The van der Waals surface area contributed by atoms with Gasteiger partial charge in [-0.2, -0.15) is 0 Å². The highest BCUT2D eigenvalue weighted by Gasteiger charge is 2.22. The normalized spacial score (nSPS) is 11.8. The number of ether oxygens (including phenoxy) is 1. The van der Waals surface area contributed by atoms with Crippen molar-refractivity contribution in [2.75, 3.05) is 6.54 Å². The molecule has 29 heavy (non-hydrogen) atoms. The van der Waals surface area contributed by atoms with Crippen molar-refractivity contribution < 1.29 is 22.7 Å². The molecule has 156 valence electrons.